The van der Waals surface area contributed by atoms with E-state index in [4.69, 9.17) is 0 Å². The summed E-state index contributed by atoms with van der Waals surface area (Å²) in [6, 6.07) is 0. The molecule has 2 aliphatic rings. The molecule has 3 unspecified atom stereocenters. The molecule has 15 heavy (non-hydrogen) atoms. The molecule has 0 aromatic rings. The first kappa shape index (κ1) is 11.2. The fourth-order valence-electron chi connectivity index (χ4n) is 4.27. The van der Waals surface area contributed by atoms with Crippen LogP contribution >= 0.6 is 0 Å². The van der Waals surface area contributed by atoms with Crippen LogP contribution in [0, 0.1) is 22.7 Å². The van der Waals surface area contributed by atoms with Gasteiger partial charge in [0.1, 0.15) is 0 Å². The lowest BCUT2D eigenvalue weighted by molar-refractivity contribution is 0.0188. The van der Waals surface area contributed by atoms with E-state index in [2.05, 4.69) is 34.3 Å². The summed E-state index contributed by atoms with van der Waals surface area (Å²) in [5.41, 5.74) is 2.56. The van der Waals surface area contributed by atoms with Gasteiger partial charge in [0, 0.05) is 0 Å². The Balaban J connectivity index is 2.31. The molecule has 0 N–H and O–H groups in total. The highest BCUT2D eigenvalue weighted by atomic mass is 14.6. The van der Waals surface area contributed by atoms with Gasteiger partial charge in [-0.2, -0.15) is 0 Å². The zero-order valence-electron chi connectivity index (χ0n) is 10.9. The first-order valence-corrected chi connectivity index (χ1v) is 6.54. The van der Waals surface area contributed by atoms with E-state index >= 15 is 0 Å². The Morgan fingerprint density at radius 3 is 2.40 bits per heavy atom. The van der Waals surface area contributed by atoms with Gasteiger partial charge < -0.3 is 0 Å². The molecule has 2 aliphatic carbocycles. The highest BCUT2D eigenvalue weighted by molar-refractivity contribution is 5.11. The molecule has 0 aliphatic heterocycles. The summed E-state index contributed by atoms with van der Waals surface area (Å²) in [4.78, 5) is 0. The van der Waals surface area contributed by atoms with Crippen LogP contribution in [0.1, 0.15) is 59.8 Å². The lowest BCUT2D eigenvalue weighted by atomic mass is 9.56. The van der Waals surface area contributed by atoms with E-state index in [0.29, 0.717) is 10.8 Å². The average Bonchev–Trinajstić information content (AvgIpc) is 2.37. The predicted molar refractivity (Wildman–Crippen MR) is 66.8 cm³/mol. The maximum Gasteiger partial charge on any atom is -0.0175 e. The van der Waals surface area contributed by atoms with Crippen molar-refractivity contribution in [2.24, 2.45) is 22.7 Å². The Labute approximate surface area is 95.1 Å². The van der Waals surface area contributed by atoms with Gasteiger partial charge in [0.2, 0.25) is 0 Å². The van der Waals surface area contributed by atoms with E-state index in [9.17, 15) is 0 Å². The van der Waals surface area contributed by atoms with Crippen LogP contribution in [0.5, 0.6) is 0 Å². The van der Waals surface area contributed by atoms with Crippen LogP contribution in [0.3, 0.4) is 0 Å². The fourth-order valence-corrected chi connectivity index (χ4v) is 4.27. The van der Waals surface area contributed by atoms with E-state index in [1.807, 2.05) is 0 Å². The molecule has 0 heteroatoms. The van der Waals surface area contributed by atoms with Crippen LogP contribution in [-0.2, 0) is 0 Å². The van der Waals surface area contributed by atoms with Crippen molar-refractivity contribution in [2.45, 2.75) is 59.8 Å². The topological polar surface area (TPSA) is 0 Å². The van der Waals surface area contributed by atoms with E-state index in [1.165, 1.54) is 37.7 Å². The summed E-state index contributed by atoms with van der Waals surface area (Å²) in [6.07, 6.45) is 7.09. The van der Waals surface area contributed by atoms with Gasteiger partial charge in [0.15, 0.2) is 0 Å². The number of hydrogen-bond donors (Lipinski definition) is 0. The molecule has 0 nitrogen and oxygen atoms in total. The molecule has 3 atom stereocenters. The minimum atomic E-state index is 0.547. The van der Waals surface area contributed by atoms with Gasteiger partial charge in [-0.3, -0.25) is 0 Å². The van der Waals surface area contributed by atoms with Crippen molar-refractivity contribution in [1.82, 2.24) is 0 Å². The van der Waals surface area contributed by atoms with Gasteiger partial charge in [-0.15, -0.1) is 0 Å². The highest BCUT2D eigenvalue weighted by Gasteiger charge is 2.55. The smallest absolute Gasteiger partial charge is 0.0175 e. The van der Waals surface area contributed by atoms with Crippen LogP contribution in [-0.4, -0.2) is 0 Å². The molecule has 0 spiro atoms. The summed E-state index contributed by atoms with van der Waals surface area (Å²) in [5, 5.41) is 0. The van der Waals surface area contributed by atoms with Crippen molar-refractivity contribution in [3.8, 4) is 0 Å². The van der Waals surface area contributed by atoms with Crippen molar-refractivity contribution >= 4 is 0 Å². The van der Waals surface area contributed by atoms with Gasteiger partial charge in [-0.05, 0) is 55.3 Å². The van der Waals surface area contributed by atoms with Gasteiger partial charge in [0.25, 0.3) is 0 Å². The standard InChI is InChI=1S/C15H26/c1-11(2)12-7-6-9-15(5)13(12)8-10-14(15,3)4/h12-13H,1,6-10H2,2-5H3. The predicted octanol–water partition coefficient (Wildman–Crippen LogP) is 4.81. The lowest BCUT2D eigenvalue weighted by Crippen LogP contribution is -2.41. The third-order valence-corrected chi connectivity index (χ3v) is 5.77. The van der Waals surface area contributed by atoms with Crippen LogP contribution in [0.4, 0.5) is 0 Å². The largest absolute Gasteiger partial charge is 0.0999 e. The fraction of sp³-hybridized carbons (Fsp3) is 0.867. The summed E-state index contributed by atoms with van der Waals surface area (Å²) in [6.45, 7) is 14.0. The minimum absolute atomic E-state index is 0.547. The normalized spacial score (nSPS) is 43.7. The van der Waals surface area contributed by atoms with E-state index < -0.39 is 0 Å². The van der Waals surface area contributed by atoms with Gasteiger partial charge in [-0.1, -0.05) is 39.3 Å². The van der Waals surface area contributed by atoms with Crippen LogP contribution in [0.2, 0.25) is 0 Å². The minimum Gasteiger partial charge on any atom is -0.0999 e. The first-order valence-electron chi connectivity index (χ1n) is 6.54. The maximum atomic E-state index is 4.22. The third kappa shape index (κ3) is 1.48. The quantitative estimate of drug-likeness (QED) is 0.540. The van der Waals surface area contributed by atoms with E-state index in [-0.39, 0.29) is 0 Å². The van der Waals surface area contributed by atoms with Crippen LogP contribution in [0.15, 0.2) is 12.2 Å². The number of hydrogen-bond acceptors (Lipinski definition) is 0. The van der Waals surface area contributed by atoms with Crippen molar-refractivity contribution in [3.05, 3.63) is 12.2 Å². The van der Waals surface area contributed by atoms with Crippen molar-refractivity contribution in [1.29, 1.82) is 0 Å². The Morgan fingerprint density at radius 1 is 1.13 bits per heavy atom. The lowest BCUT2D eigenvalue weighted by Gasteiger charge is -2.49. The molecule has 2 fully saturated rings. The molecule has 0 heterocycles. The molecule has 2 saturated carbocycles. The second-order valence-electron chi connectivity index (χ2n) is 6.79. The zero-order chi connectivity index (χ0) is 11.3. The molecule has 0 bridgehead atoms. The first-order chi connectivity index (χ1) is 6.88. The zero-order valence-corrected chi connectivity index (χ0v) is 10.9. The second-order valence-corrected chi connectivity index (χ2v) is 6.79. The Hall–Kier alpha value is -0.260. The average molecular weight is 206 g/mol. The number of fused-ring (bicyclic) bond motifs is 1. The Morgan fingerprint density at radius 2 is 1.80 bits per heavy atom. The highest BCUT2D eigenvalue weighted by Crippen LogP contribution is 2.64. The molecule has 0 aromatic carbocycles. The molecule has 2 rings (SSSR count). The van der Waals surface area contributed by atoms with Crippen molar-refractivity contribution in [2.75, 3.05) is 0 Å². The number of allylic oxidation sites excluding steroid dienone is 1. The monoisotopic (exact) mass is 206 g/mol. The summed E-state index contributed by atoms with van der Waals surface area (Å²) in [5.74, 6) is 1.73. The van der Waals surface area contributed by atoms with Gasteiger partial charge in [-0.25, -0.2) is 0 Å². The van der Waals surface area contributed by atoms with Gasteiger partial charge in [0.05, 0.1) is 0 Å². The second kappa shape index (κ2) is 3.37. The molecule has 0 saturated heterocycles. The molecule has 0 aromatic heterocycles. The molecule has 86 valence electrons. The summed E-state index contributed by atoms with van der Waals surface area (Å²) >= 11 is 0. The Kier molecular flexibility index (Phi) is 2.52. The molecular formula is C15H26. The SMILES string of the molecule is C=C(C)C1CCCC2(C)C1CCC2(C)C. The maximum absolute atomic E-state index is 4.22. The van der Waals surface area contributed by atoms with Gasteiger partial charge >= 0.3 is 0 Å². The number of rotatable bonds is 1. The molecule has 0 amide bonds. The van der Waals surface area contributed by atoms with Crippen LogP contribution in [0.25, 0.3) is 0 Å². The molecule has 0 radical (unpaired) electrons. The van der Waals surface area contributed by atoms with E-state index in [0.717, 1.165) is 11.8 Å². The van der Waals surface area contributed by atoms with Crippen molar-refractivity contribution < 1.29 is 0 Å². The summed E-state index contributed by atoms with van der Waals surface area (Å²) < 4.78 is 0. The van der Waals surface area contributed by atoms with Crippen LogP contribution < -0.4 is 0 Å². The van der Waals surface area contributed by atoms with Crippen molar-refractivity contribution in [3.63, 3.8) is 0 Å². The molecular weight excluding hydrogens is 180 g/mol. The van der Waals surface area contributed by atoms with E-state index in [1.54, 1.807) is 0 Å². The summed E-state index contributed by atoms with van der Waals surface area (Å²) in [7, 11) is 0. The Bertz CT molecular complexity index is 274. The third-order valence-electron chi connectivity index (χ3n) is 5.77.